The van der Waals surface area contributed by atoms with E-state index in [9.17, 15) is 12.8 Å². The van der Waals surface area contributed by atoms with Gasteiger partial charge in [-0.3, -0.25) is 4.68 Å². The summed E-state index contributed by atoms with van der Waals surface area (Å²) in [6, 6.07) is 6.63. The van der Waals surface area contributed by atoms with Gasteiger partial charge >= 0.3 is 0 Å². The lowest BCUT2D eigenvalue weighted by Gasteiger charge is -2.06. The summed E-state index contributed by atoms with van der Waals surface area (Å²) in [5, 5.41) is 4.21. The molecular formula is C13H16FN3O2S. The summed E-state index contributed by atoms with van der Waals surface area (Å²) in [6.07, 6.45) is 2.48. The first-order valence-electron chi connectivity index (χ1n) is 6.23. The summed E-state index contributed by atoms with van der Waals surface area (Å²) in [7, 11) is -3.57. The molecule has 7 heteroatoms. The van der Waals surface area contributed by atoms with Gasteiger partial charge in [-0.15, -0.1) is 0 Å². The van der Waals surface area contributed by atoms with E-state index in [1.165, 1.54) is 12.1 Å². The number of aryl methyl sites for hydroxylation is 2. The van der Waals surface area contributed by atoms with Crippen molar-refractivity contribution in [1.29, 1.82) is 0 Å². The average molecular weight is 297 g/mol. The third-order valence-corrected chi connectivity index (χ3v) is 4.23. The lowest BCUT2D eigenvalue weighted by atomic mass is 10.4. The van der Waals surface area contributed by atoms with Crippen molar-refractivity contribution >= 4 is 10.0 Å². The van der Waals surface area contributed by atoms with Gasteiger partial charge in [0.25, 0.3) is 0 Å². The van der Waals surface area contributed by atoms with Gasteiger partial charge in [0.1, 0.15) is 5.82 Å². The molecule has 0 bridgehead atoms. The van der Waals surface area contributed by atoms with Crippen molar-refractivity contribution in [3.63, 3.8) is 0 Å². The normalized spacial score (nSPS) is 11.7. The van der Waals surface area contributed by atoms with Crippen LogP contribution >= 0.6 is 0 Å². The highest BCUT2D eigenvalue weighted by Crippen LogP contribution is 2.09. The summed E-state index contributed by atoms with van der Waals surface area (Å²) >= 11 is 0. The molecule has 0 amide bonds. The molecule has 0 spiro atoms. The van der Waals surface area contributed by atoms with E-state index in [0.29, 0.717) is 19.5 Å². The Balaban J connectivity index is 1.85. The average Bonchev–Trinajstić information content (AvgIpc) is 2.81. The van der Waals surface area contributed by atoms with E-state index in [4.69, 9.17) is 0 Å². The number of halogens is 1. The largest absolute Gasteiger partial charge is 0.272 e. The Morgan fingerprint density at radius 2 is 1.95 bits per heavy atom. The molecule has 1 heterocycles. The molecule has 0 aliphatic carbocycles. The van der Waals surface area contributed by atoms with Gasteiger partial charge in [-0.25, -0.2) is 17.5 Å². The van der Waals surface area contributed by atoms with E-state index >= 15 is 0 Å². The van der Waals surface area contributed by atoms with E-state index in [0.717, 1.165) is 17.8 Å². The van der Waals surface area contributed by atoms with E-state index < -0.39 is 15.8 Å². The van der Waals surface area contributed by atoms with Crippen molar-refractivity contribution in [3.05, 3.63) is 48.0 Å². The van der Waals surface area contributed by atoms with Crippen LogP contribution in [0.1, 0.15) is 12.1 Å². The Morgan fingerprint density at radius 1 is 1.25 bits per heavy atom. The second-order valence-electron chi connectivity index (χ2n) is 4.43. The smallest absolute Gasteiger partial charge is 0.240 e. The van der Waals surface area contributed by atoms with Crippen molar-refractivity contribution in [2.75, 3.05) is 6.54 Å². The number of nitrogens with one attached hydrogen (secondary N) is 1. The van der Waals surface area contributed by atoms with Crippen molar-refractivity contribution < 1.29 is 12.8 Å². The molecule has 0 saturated carbocycles. The Morgan fingerprint density at radius 3 is 2.55 bits per heavy atom. The molecule has 2 aromatic rings. The van der Waals surface area contributed by atoms with Gasteiger partial charge < -0.3 is 0 Å². The van der Waals surface area contributed by atoms with Crippen LogP contribution in [0, 0.1) is 12.7 Å². The summed E-state index contributed by atoms with van der Waals surface area (Å²) in [6.45, 7) is 2.84. The van der Waals surface area contributed by atoms with Crippen LogP contribution in [0.3, 0.4) is 0 Å². The van der Waals surface area contributed by atoms with Crippen molar-refractivity contribution in [2.24, 2.45) is 0 Å². The van der Waals surface area contributed by atoms with Crippen molar-refractivity contribution in [2.45, 2.75) is 24.8 Å². The van der Waals surface area contributed by atoms with Gasteiger partial charge in [0, 0.05) is 19.3 Å². The molecule has 0 aliphatic heterocycles. The van der Waals surface area contributed by atoms with E-state index in [-0.39, 0.29) is 4.90 Å². The zero-order chi connectivity index (χ0) is 14.6. The Kier molecular flexibility index (Phi) is 4.51. The maximum absolute atomic E-state index is 12.7. The molecular weight excluding hydrogens is 281 g/mol. The highest BCUT2D eigenvalue weighted by Gasteiger charge is 2.12. The quantitative estimate of drug-likeness (QED) is 0.825. The fraction of sp³-hybridized carbons (Fsp3) is 0.308. The summed E-state index contributed by atoms with van der Waals surface area (Å²) in [5.41, 5.74) is 0.928. The zero-order valence-electron chi connectivity index (χ0n) is 11.1. The van der Waals surface area contributed by atoms with E-state index in [1.54, 1.807) is 4.68 Å². The summed E-state index contributed by atoms with van der Waals surface area (Å²) in [4.78, 5) is 0.0637. The molecule has 1 aromatic carbocycles. The van der Waals surface area contributed by atoms with Crippen LogP contribution in [0.2, 0.25) is 0 Å². The molecule has 20 heavy (non-hydrogen) atoms. The molecule has 2 rings (SSSR count). The number of sulfonamides is 1. The molecule has 1 aromatic heterocycles. The SMILES string of the molecule is Cc1ccn(CCCNS(=O)(=O)c2ccc(F)cc2)n1. The standard InChI is InChI=1S/C13H16FN3O2S/c1-11-7-10-17(16-11)9-2-8-15-20(18,19)13-5-3-12(14)4-6-13/h3-7,10,15H,2,8-9H2,1H3. The number of rotatable bonds is 6. The molecule has 5 nitrogen and oxygen atoms in total. The monoisotopic (exact) mass is 297 g/mol. The summed E-state index contributed by atoms with van der Waals surface area (Å²) < 4.78 is 40.8. The van der Waals surface area contributed by atoms with Gasteiger partial charge in [0.05, 0.1) is 10.6 Å². The molecule has 0 aliphatic rings. The molecule has 0 saturated heterocycles. The maximum atomic E-state index is 12.7. The maximum Gasteiger partial charge on any atom is 0.240 e. The van der Waals surface area contributed by atoms with Crippen LogP contribution < -0.4 is 4.72 Å². The molecule has 0 atom stereocenters. The predicted molar refractivity (Wildman–Crippen MR) is 73.2 cm³/mol. The zero-order valence-corrected chi connectivity index (χ0v) is 11.9. The second-order valence-corrected chi connectivity index (χ2v) is 6.19. The molecule has 1 N–H and O–H groups in total. The molecule has 108 valence electrons. The fourth-order valence-electron chi connectivity index (χ4n) is 1.73. The highest BCUT2D eigenvalue weighted by atomic mass is 32.2. The minimum atomic E-state index is -3.57. The van der Waals surface area contributed by atoms with Crippen LogP contribution in [0.25, 0.3) is 0 Å². The topological polar surface area (TPSA) is 64.0 Å². The number of benzene rings is 1. The van der Waals surface area contributed by atoms with Crippen LogP contribution in [0.5, 0.6) is 0 Å². The minimum Gasteiger partial charge on any atom is -0.272 e. The van der Waals surface area contributed by atoms with E-state index in [1.807, 2.05) is 19.2 Å². The Labute approximate surface area is 117 Å². The number of nitrogens with zero attached hydrogens (tertiary/aromatic N) is 2. The first-order chi connectivity index (χ1) is 9.47. The Hall–Kier alpha value is -1.73. The fourth-order valence-corrected chi connectivity index (χ4v) is 2.81. The molecule has 0 fully saturated rings. The first-order valence-corrected chi connectivity index (χ1v) is 7.71. The summed E-state index contributed by atoms with van der Waals surface area (Å²) in [5.74, 6) is -0.460. The lowest BCUT2D eigenvalue weighted by Crippen LogP contribution is -2.25. The number of hydrogen-bond donors (Lipinski definition) is 1. The predicted octanol–water partition coefficient (Wildman–Crippen LogP) is 1.70. The highest BCUT2D eigenvalue weighted by molar-refractivity contribution is 7.89. The first kappa shape index (κ1) is 14.7. The van der Waals surface area contributed by atoms with Crippen LogP contribution in [-0.2, 0) is 16.6 Å². The van der Waals surface area contributed by atoms with Gasteiger partial charge in [0.15, 0.2) is 0 Å². The third kappa shape index (κ3) is 3.88. The van der Waals surface area contributed by atoms with Crippen molar-refractivity contribution in [1.82, 2.24) is 14.5 Å². The van der Waals surface area contributed by atoms with Crippen LogP contribution in [0.15, 0.2) is 41.4 Å². The van der Waals surface area contributed by atoms with Crippen LogP contribution in [0.4, 0.5) is 4.39 Å². The molecule has 0 unspecified atom stereocenters. The van der Waals surface area contributed by atoms with E-state index in [2.05, 4.69) is 9.82 Å². The Bertz CT molecular complexity index is 665. The second kappa shape index (κ2) is 6.15. The number of aromatic nitrogens is 2. The van der Waals surface area contributed by atoms with Gasteiger partial charge in [0.2, 0.25) is 10.0 Å². The molecule has 0 radical (unpaired) electrons. The third-order valence-electron chi connectivity index (χ3n) is 2.75. The minimum absolute atomic E-state index is 0.0637. The van der Waals surface area contributed by atoms with Gasteiger partial charge in [-0.05, 0) is 43.7 Å². The van der Waals surface area contributed by atoms with Crippen molar-refractivity contribution in [3.8, 4) is 0 Å². The lowest BCUT2D eigenvalue weighted by molar-refractivity contribution is 0.551. The van der Waals surface area contributed by atoms with Gasteiger partial charge in [-0.1, -0.05) is 0 Å². The van der Waals surface area contributed by atoms with Crippen LogP contribution in [-0.4, -0.2) is 24.7 Å². The number of hydrogen-bond acceptors (Lipinski definition) is 3. The van der Waals surface area contributed by atoms with Gasteiger partial charge in [-0.2, -0.15) is 5.10 Å².